The lowest BCUT2D eigenvalue weighted by Gasteiger charge is -2.14. The molecule has 13 heavy (non-hydrogen) atoms. The number of hydrogen-bond donors (Lipinski definition) is 0. The van der Waals surface area contributed by atoms with Crippen molar-refractivity contribution in [2.45, 2.75) is 81.6 Å². The van der Waals surface area contributed by atoms with E-state index < -0.39 is 8.07 Å². The molecule has 0 aliphatic heterocycles. The van der Waals surface area contributed by atoms with Crippen LogP contribution in [0.2, 0.25) is 25.7 Å². The lowest BCUT2D eigenvalue weighted by molar-refractivity contribution is 0.763. The quantitative estimate of drug-likeness (QED) is 0.389. The molecule has 0 radical (unpaired) electrons. The van der Waals surface area contributed by atoms with E-state index in [0.717, 1.165) is 0 Å². The third-order valence-corrected chi connectivity index (χ3v) is 3.38. The summed E-state index contributed by atoms with van der Waals surface area (Å²) < 4.78 is 0. The van der Waals surface area contributed by atoms with Gasteiger partial charge in [-0.05, 0) is 0 Å². The van der Waals surface area contributed by atoms with Crippen LogP contribution >= 0.6 is 0 Å². The van der Waals surface area contributed by atoms with Gasteiger partial charge in [-0.2, -0.15) is 0 Å². The zero-order valence-electron chi connectivity index (χ0n) is 7.33. The van der Waals surface area contributed by atoms with Crippen molar-refractivity contribution in [1.82, 2.24) is 0 Å². The summed E-state index contributed by atoms with van der Waals surface area (Å²) in [6.07, 6.45) is 4.26. The molecule has 88 valence electrons. The Hall–Kier alpha value is 0.217. The van der Waals surface area contributed by atoms with Crippen molar-refractivity contribution < 1.29 is 0 Å². The fraction of sp³-hybridized carbons (Fsp3) is 1.00. The largest absolute Gasteiger partial charge is 0.0776 e. The van der Waals surface area contributed by atoms with Crippen molar-refractivity contribution in [3.8, 4) is 0 Å². The monoisotopic (exact) mass is 208 g/mol. The molecule has 0 heterocycles. The molecule has 0 aromatic heterocycles. The first kappa shape index (κ1) is 29.2. The third-order valence-electron chi connectivity index (χ3n) is 1.53. The lowest BCUT2D eigenvalue weighted by atomic mass is 10.3. The zero-order chi connectivity index (χ0) is 7.33. The maximum absolute atomic E-state index is 2.45. The fourth-order valence-electron chi connectivity index (χ4n) is 0.905. The Labute approximate surface area is 90.2 Å². The number of rotatable bonds is 4. The van der Waals surface area contributed by atoms with E-state index in [2.05, 4.69) is 26.6 Å². The molecule has 0 saturated heterocycles. The highest BCUT2D eigenvalue weighted by Crippen LogP contribution is 2.13. The van der Waals surface area contributed by atoms with Gasteiger partial charge in [-0.25, -0.2) is 0 Å². The minimum atomic E-state index is -0.694. The van der Waals surface area contributed by atoms with Crippen LogP contribution in [0.5, 0.6) is 0 Å². The van der Waals surface area contributed by atoms with Crippen LogP contribution in [-0.2, 0) is 0 Å². The first-order valence-electron chi connectivity index (χ1n) is 4.06. The van der Waals surface area contributed by atoms with E-state index in [1.54, 1.807) is 0 Å². The molecule has 0 bridgehead atoms. The normalized spacial score (nSPS) is 8.31. The highest BCUT2D eigenvalue weighted by Gasteiger charge is 2.10. The van der Waals surface area contributed by atoms with E-state index in [1.807, 2.05) is 0 Å². The van der Waals surface area contributed by atoms with Crippen LogP contribution in [0.15, 0.2) is 0 Å². The van der Waals surface area contributed by atoms with Crippen molar-refractivity contribution >= 4 is 8.07 Å². The van der Waals surface area contributed by atoms with Gasteiger partial charge in [0.15, 0.2) is 0 Å². The predicted molar refractivity (Wildman–Crippen MR) is 74.6 cm³/mol. The standard InChI is InChI=1S/C8H20Si.4CH4/c1-5-6-7-8-9(2,3)4;;;;/h5-8H2,1-4H3;4*1H4. The molecule has 0 unspecified atom stereocenters. The van der Waals surface area contributed by atoms with Crippen molar-refractivity contribution in [3.63, 3.8) is 0 Å². The summed E-state index contributed by atoms with van der Waals surface area (Å²) in [7, 11) is -0.694. The molecule has 0 aliphatic carbocycles. The van der Waals surface area contributed by atoms with E-state index in [0.29, 0.717) is 0 Å². The first-order valence-corrected chi connectivity index (χ1v) is 7.77. The number of hydrogen-bond acceptors (Lipinski definition) is 0. The summed E-state index contributed by atoms with van der Waals surface area (Å²) >= 11 is 0. The second-order valence-corrected chi connectivity index (χ2v) is 9.64. The molecule has 0 N–H and O–H groups in total. The molecule has 0 saturated carbocycles. The Morgan fingerprint density at radius 2 is 1.15 bits per heavy atom. The Morgan fingerprint density at radius 1 is 0.769 bits per heavy atom. The van der Waals surface area contributed by atoms with Gasteiger partial charge in [0, 0.05) is 8.07 Å². The molecule has 1 heteroatoms. The minimum absolute atomic E-state index is 0. The summed E-state index contributed by atoms with van der Waals surface area (Å²) in [4.78, 5) is 0. The van der Waals surface area contributed by atoms with Gasteiger partial charge in [0.1, 0.15) is 0 Å². The Bertz CT molecular complexity index is 62.0. The Morgan fingerprint density at radius 3 is 1.38 bits per heavy atom. The molecular weight excluding hydrogens is 172 g/mol. The van der Waals surface area contributed by atoms with Crippen LogP contribution in [0.25, 0.3) is 0 Å². The van der Waals surface area contributed by atoms with Gasteiger partial charge in [-0.3, -0.25) is 0 Å². The van der Waals surface area contributed by atoms with E-state index >= 15 is 0 Å². The third kappa shape index (κ3) is 33.0. The van der Waals surface area contributed by atoms with Gasteiger partial charge in [-0.1, -0.05) is 81.6 Å². The van der Waals surface area contributed by atoms with Crippen molar-refractivity contribution in [2.75, 3.05) is 0 Å². The second-order valence-electron chi connectivity index (χ2n) is 4.02. The molecule has 0 aromatic rings. The van der Waals surface area contributed by atoms with Gasteiger partial charge < -0.3 is 0 Å². The van der Waals surface area contributed by atoms with Gasteiger partial charge in [-0.15, -0.1) is 0 Å². The summed E-state index contributed by atoms with van der Waals surface area (Å²) in [6, 6.07) is 1.51. The van der Waals surface area contributed by atoms with Gasteiger partial charge in [0.05, 0.1) is 0 Å². The topological polar surface area (TPSA) is 0 Å². The average Bonchev–Trinajstić information content (AvgIpc) is 1.63. The summed E-state index contributed by atoms with van der Waals surface area (Å²) in [5.74, 6) is 0. The van der Waals surface area contributed by atoms with Gasteiger partial charge >= 0.3 is 0 Å². The summed E-state index contributed by atoms with van der Waals surface area (Å²) in [5.41, 5.74) is 0. The molecule has 0 atom stereocenters. The second kappa shape index (κ2) is 14.7. The zero-order valence-corrected chi connectivity index (χ0v) is 8.33. The Kier molecular flexibility index (Phi) is 33.1. The van der Waals surface area contributed by atoms with Crippen molar-refractivity contribution in [3.05, 3.63) is 0 Å². The Balaban J connectivity index is -0.0000000533. The van der Waals surface area contributed by atoms with Crippen LogP contribution in [0.3, 0.4) is 0 Å². The van der Waals surface area contributed by atoms with E-state index in [4.69, 9.17) is 0 Å². The van der Waals surface area contributed by atoms with E-state index in [9.17, 15) is 0 Å². The summed E-state index contributed by atoms with van der Waals surface area (Å²) in [5, 5.41) is 0. The van der Waals surface area contributed by atoms with Crippen LogP contribution in [0.1, 0.15) is 55.9 Å². The fourth-order valence-corrected chi connectivity index (χ4v) is 2.22. The molecule has 0 nitrogen and oxygen atoms in total. The van der Waals surface area contributed by atoms with Crippen LogP contribution in [0, 0.1) is 0 Å². The maximum atomic E-state index is 2.45. The van der Waals surface area contributed by atoms with Crippen molar-refractivity contribution in [2.24, 2.45) is 0 Å². The molecule has 0 spiro atoms. The molecule has 0 amide bonds. The first-order chi connectivity index (χ1) is 4.06. The SMILES string of the molecule is C.C.C.C.CCCCC[Si](C)(C)C. The van der Waals surface area contributed by atoms with Crippen LogP contribution in [0.4, 0.5) is 0 Å². The average molecular weight is 209 g/mol. The van der Waals surface area contributed by atoms with Crippen LogP contribution in [-0.4, -0.2) is 8.07 Å². The molecule has 0 aromatic carbocycles. The van der Waals surface area contributed by atoms with E-state index in [-0.39, 0.29) is 29.7 Å². The van der Waals surface area contributed by atoms with E-state index in [1.165, 1.54) is 25.3 Å². The number of unbranched alkanes of at least 4 members (excludes halogenated alkanes) is 2. The van der Waals surface area contributed by atoms with Gasteiger partial charge in [0.25, 0.3) is 0 Å². The maximum Gasteiger partial charge on any atom is 0.0442 e. The molecule has 0 rings (SSSR count). The summed E-state index contributed by atoms with van der Waals surface area (Å²) in [6.45, 7) is 9.61. The molecule has 0 aliphatic rings. The molecular formula is C12H36Si. The van der Waals surface area contributed by atoms with Gasteiger partial charge in [0.2, 0.25) is 0 Å². The predicted octanol–water partition coefficient (Wildman–Crippen LogP) is 6.06. The minimum Gasteiger partial charge on any atom is -0.0776 e. The molecule has 0 fully saturated rings. The lowest BCUT2D eigenvalue weighted by Crippen LogP contribution is -2.18. The smallest absolute Gasteiger partial charge is 0.0442 e. The highest BCUT2D eigenvalue weighted by molar-refractivity contribution is 6.76. The van der Waals surface area contributed by atoms with Crippen LogP contribution < -0.4 is 0 Å². The highest BCUT2D eigenvalue weighted by atomic mass is 28.3. The van der Waals surface area contributed by atoms with Crippen molar-refractivity contribution in [1.29, 1.82) is 0 Å².